The van der Waals surface area contributed by atoms with Gasteiger partial charge in [0.2, 0.25) is 5.43 Å². The SMILES string of the molecule is COc1c(N2CCC(=C(C#N)CN)CC2)c(F)cc2c(=O)c(C(=O)O)cn([C@@H]3C[C@@H]3F)c12. The molecule has 2 atom stereocenters. The fourth-order valence-corrected chi connectivity index (χ4v) is 4.36. The van der Waals surface area contributed by atoms with Crippen molar-refractivity contribution in [3.05, 3.63) is 45.0 Å². The number of alkyl halides is 1. The number of carboxylic acids is 1. The van der Waals surface area contributed by atoms with Gasteiger partial charge in [-0.1, -0.05) is 5.57 Å². The highest BCUT2D eigenvalue weighted by molar-refractivity contribution is 5.97. The van der Waals surface area contributed by atoms with E-state index >= 15 is 4.39 Å². The van der Waals surface area contributed by atoms with Crippen LogP contribution in [0.4, 0.5) is 14.5 Å². The highest BCUT2D eigenvalue weighted by atomic mass is 19.1. The van der Waals surface area contributed by atoms with Crippen molar-refractivity contribution < 1.29 is 23.4 Å². The third-order valence-electron chi connectivity index (χ3n) is 6.12. The van der Waals surface area contributed by atoms with Crippen LogP contribution in [-0.2, 0) is 0 Å². The molecule has 0 spiro atoms. The quantitative estimate of drug-likeness (QED) is 0.680. The Bertz CT molecular complexity index is 1240. The average Bonchev–Trinajstić information content (AvgIpc) is 3.51. The molecule has 32 heavy (non-hydrogen) atoms. The van der Waals surface area contributed by atoms with Gasteiger partial charge in [0.25, 0.3) is 0 Å². The molecule has 168 valence electrons. The lowest BCUT2D eigenvalue weighted by atomic mass is 9.97. The van der Waals surface area contributed by atoms with Crippen molar-refractivity contribution in [2.45, 2.75) is 31.5 Å². The van der Waals surface area contributed by atoms with Crippen LogP contribution in [0.5, 0.6) is 5.75 Å². The number of hydrogen-bond donors (Lipinski definition) is 2. The van der Waals surface area contributed by atoms with Crippen molar-refractivity contribution in [3.63, 3.8) is 0 Å². The second-order valence-corrected chi connectivity index (χ2v) is 7.92. The monoisotopic (exact) mass is 444 g/mol. The second-order valence-electron chi connectivity index (χ2n) is 7.92. The predicted molar refractivity (Wildman–Crippen MR) is 113 cm³/mol. The summed E-state index contributed by atoms with van der Waals surface area (Å²) >= 11 is 0. The van der Waals surface area contributed by atoms with Crippen molar-refractivity contribution >= 4 is 22.6 Å². The Kier molecular flexibility index (Phi) is 5.60. The largest absolute Gasteiger partial charge is 0.492 e. The van der Waals surface area contributed by atoms with Gasteiger partial charge in [0.15, 0.2) is 11.6 Å². The lowest BCUT2D eigenvalue weighted by Gasteiger charge is -2.32. The first kappa shape index (κ1) is 21.8. The molecule has 0 amide bonds. The Morgan fingerprint density at radius 2 is 2.06 bits per heavy atom. The third kappa shape index (κ3) is 3.48. The van der Waals surface area contributed by atoms with Crippen molar-refractivity contribution in [2.24, 2.45) is 5.73 Å². The molecule has 1 aliphatic carbocycles. The van der Waals surface area contributed by atoms with E-state index in [0.717, 1.165) is 17.8 Å². The number of aromatic carboxylic acids is 1. The first-order valence-corrected chi connectivity index (χ1v) is 10.2. The number of nitrogens with two attached hydrogens (primary N) is 1. The van der Waals surface area contributed by atoms with E-state index in [1.165, 1.54) is 11.7 Å². The maximum Gasteiger partial charge on any atom is 0.341 e. The molecule has 3 N–H and O–H groups in total. The number of pyridine rings is 1. The Balaban J connectivity index is 1.89. The number of aromatic nitrogens is 1. The number of carboxylic acid groups (broad SMARTS) is 1. The predicted octanol–water partition coefficient (Wildman–Crippen LogP) is 2.51. The highest BCUT2D eigenvalue weighted by Gasteiger charge is 2.41. The van der Waals surface area contributed by atoms with Crippen LogP contribution in [0.1, 0.15) is 35.7 Å². The Hall–Kier alpha value is -3.45. The summed E-state index contributed by atoms with van der Waals surface area (Å²) in [5, 5.41) is 18.5. The molecule has 1 saturated heterocycles. The van der Waals surface area contributed by atoms with E-state index in [-0.39, 0.29) is 35.3 Å². The normalized spacial score (nSPS) is 20.2. The van der Waals surface area contributed by atoms with Crippen LogP contribution in [0.25, 0.3) is 10.9 Å². The number of halogens is 2. The van der Waals surface area contributed by atoms with Crippen molar-refractivity contribution in [1.29, 1.82) is 5.26 Å². The molecular formula is C22H22F2N4O4. The smallest absolute Gasteiger partial charge is 0.341 e. The number of benzene rings is 1. The fraction of sp³-hybridized carbons (Fsp3) is 0.409. The minimum atomic E-state index is -1.46. The van der Waals surface area contributed by atoms with Gasteiger partial charge in [0.1, 0.15) is 17.4 Å². The first-order valence-electron chi connectivity index (χ1n) is 10.2. The molecule has 1 saturated carbocycles. The standard InChI is InChI=1S/C22H22F2N4O4/c1-32-21-18-13(20(29)14(22(30)31)10-28(18)17-7-15(17)23)6-16(24)19(21)27-4-2-11(3-5-27)12(8-25)9-26/h6,10,15,17H,2-5,7-8,25H2,1H3,(H,30,31)/t15-,17+/m0/s1. The van der Waals surface area contributed by atoms with Crippen LogP contribution >= 0.6 is 0 Å². The summed E-state index contributed by atoms with van der Waals surface area (Å²) in [6.07, 6.45) is 1.12. The number of piperidine rings is 1. The number of hydrogen-bond acceptors (Lipinski definition) is 6. The van der Waals surface area contributed by atoms with Gasteiger partial charge in [-0.3, -0.25) is 4.79 Å². The van der Waals surface area contributed by atoms with Crippen LogP contribution in [0.2, 0.25) is 0 Å². The van der Waals surface area contributed by atoms with Gasteiger partial charge in [-0.15, -0.1) is 0 Å². The molecule has 2 aromatic rings. The molecule has 2 fully saturated rings. The number of rotatable bonds is 5. The Labute approximate surface area is 182 Å². The van der Waals surface area contributed by atoms with Gasteiger partial charge in [0, 0.05) is 37.8 Å². The lowest BCUT2D eigenvalue weighted by molar-refractivity contribution is 0.0694. The zero-order valence-corrected chi connectivity index (χ0v) is 17.4. The Morgan fingerprint density at radius 3 is 2.56 bits per heavy atom. The topological polar surface area (TPSA) is 122 Å². The van der Waals surface area contributed by atoms with E-state index in [2.05, 4.69) is 6.07 Å². The van der Waals surface area contributed by atoms with E-state index in [9.17, 15) is 24.3 Å². The first-order chi connectivity index (χ1) is 15.3. The zero-order valence-electron chi connectivity index (χ0n) is 17.4. The summed E-state index contributed by atoms with van der Waals surface area (Å²) in [4.78, 5) is 26.1. The molecule has 2 aliphatic rings. The summed E-state index contributed by atoms with van der Waals surface area (Å²) in [5.74, 6) is -2.14. The van der Waals surface area contributed by atoms with Crippen LogP contribution in [-0.4, -0.2) is 48.6 Å². The summed E-state index contributed by atoms with van der Waals surface area (Å²) in [6.45, 7) is 0.932. The zero-order chi connectivity index (χ0) is 23.2. The van der Waals surface area contributed by atoms with E-state index in [1.54, 1.807) is 4.90 Å². The average molecular weight is 444 g/mol. The number of methoxy groups -OCH3 is 1. The minimum absolute atomic E-state index is 0.0555. The molecule has 1 aromatic heterocycles. The van der Waals surface area contributed by atoms with Crippen LogP contribution in [0.3, 0.4) is 0 Å². The molecule has 2 heterocycles. The number of fused-ring (bicyclic) bond motifs is 1. The number of anilines is 1. The Morgan fingerprint density at radius 1 is 1.41 bits per heavy atom. The number of nitriles is 1. The molecule has 0 bridgehead atoms. The van der Waals surface area contributed by atoms with Crippen molar-refractivity contribution in [2.75, 3.05) is 31.6 Å². The maximum atomic E-state index is 15.3. The van der Waals surface area contributed by atoms with E-state index < -0.39 is 35.0 Å². The molecule has 1 aliphatic heterocycles. The van der Waals surface area contributed by atoms with Crippen LogP contribution < -0.4 is 20.8 Å². The molecular weight excluding hydrogens is 422 g/mol. The van der Waals surface area contributed by atoms with Gasteiger partial charge in [-0.05, 0) is 18.9 Å². The number of ether oxygens (including phenoxy) is 1. The summed E-state index contributed by atoms with van der Waals surface area (Å²) in [7, 11) is 1.33. The van der Waals surface area contributed by atoms with Gasteiger partial charge in [-0.2, -0.15) is 5.26 Å². The second kappa shape index (κ2) is 8.24. The molecule has 0 unspecified atom stereocenters. The van der Waals surface area contributed by atoms with Crippen LogP contribution in [0, 0.1) is 17.1 Å². The van der Waals surface area contributed by atoms with Gasteiger partial charge >= 0.3 is 5.97 Å². The fourth-order valence-electron chi connectivity index (χ4n) is 4.36. The lowest BCUT2D eigenvalue weighted by Crippen LogP contribution is -2.33. The highest BCUT2D eigenvalue weighted by Crippen LogP contribution is 2.45. The maximum absolute atomic E-state index is 15.3. The van der Waals surface area contributed by atoms with E-state index in [0.29, 0.717) is 31.5 Å². The third-order valence-corrected chi connectivity index (χ3v) is 6.12. The number of carbonyl (C=O) groups is 1. The minimum Gasteiger partial charge on any atom is -0.492 e. The van der Waals surface area contributed by atoms with Crippen LogP contribution in [0.15, 0.2) is 28.2 Å². The van der Waals surface area contributed by atoms with Crippen molar-refractivity contribution in [1.82, 2.24) is 4.57 Å². The van der Waals surface area contributed by atoms with Gasteiger partial charge < -0.3 is 25.0 Å². The summed E-state index contributed by atoms with van der Waals surface area (Å²) in [6, 6.07) is 2.45. The van der Waals surface area contributed by atoms with Crippen molar-refractivity contribution in [3.8, 4) is 11.8 Å². The molecule has 1 aromatic carbocycles. The van der Waals surface area contributed by atoms with Gasteiger partial charge in [0.05, 0.1) is 30.1 Å². The molecule has 0 radical (unpaired) electrons. The summed E-state index contributed by atoms with van der Waals surface area (Å²) < 4.78 is 36.2. The molecule has 8 nitrogen and oxygen atoms in total. The molecule has 4 rings (SSSR count). The van der Waals surface area contributed by atoms with E-state index in [4.69, 9.17) is 10.5 Å². The van der Waals surface area contributed by atoms with E-state index in [1.807, 2.05) is 0 Å². The van der Waals surface area contributed by atoms with Gasteiger partial charge in [-0.25, -0.2) is 13.6 Å². The number of nitrogens with zero attached hydrogens (tertiary/aromatic N) is 3. The summed E-state index contributed by atoms with van der Waals surface area (Å²) in [5.41, 5.74) is 5.96. The molecule has 10 heteroatoms.